The van der Waals surface area contributed by atoms with Gasteiger partial charge < -0.3 is 0 Å². The summed E-state index contributed by atoms with van der Waals surface area (Å²) >= 11 is 0. The van der Waals surface area contributed by atoms with Crippen LogP contribution >= 0.6 is 0 Å². The van der Waals surface area contributed by atoms with Crippen LogP contribution in [0, 0.1) is 6.92 Å². The van der Waals surface area contributed by atoms with Crippen molar-refractivity contribution >= 4 is 0 Å². The van der Waals surface area contributed by atoms with Crippen molar-refractivity contribution in [2.75, 3.05) is 0 Å². The Morgan fingerprint density at radius 1 is 0.733 bits per heavy atom. The van der Waals surface area contributed by atoms with E-state index in [1.807, 2.05) is 6.08 Å². The lowest BCUT2D eigenvalue weighted by Gasteiger charge is -2.42. The van der Waals surface area contributed by atoms with E-state index in [1.165, 1.54) is 57.3 Å². The summed E-state index contributed by atoms with van der Waals surface area (Å²) in [7, 11) is 0. The molecule has 0 aromatic heterocycles. The van der Waals surface area contributed by atoms with Gasteiger partial charge in [-0.15, -0.1) is 6.58 Å². The predicted molar refractivity (Wildman–Crippen MR) is 131 cm³/mol. The fourth-order valence-electron chi connectivity index (χ4n) is 4.86. The lowest BCUT2D eigenvalue weighted by molar-refractivity contribution is 0.332. The zero-order chi connectivity index (χ0) is 21.5. The van der Waals surface area contributed by atoms with Gasteiger partial charge in [0.05, 0.1) is 0 Å². The molecule has 0 heterocycles. The molecule has 0 N–H and O–H groups in total. The van der Waals surface area contributed by atoms with Crippen molar-refractivity contribution in [1.82, 2.24) is 0 Å². The third-order valence-corrected chi connectivity index (χ3v) is 7.02. The van der Waals surface area contributed by atoms with Gasteiger partial charge in [0.15, 0.2) is 0 Å². The van der Waals surface area contributed by atoms with Crippen LogP contribution in [0.2, 0.25) is 0 Å². The second-order valence-electron chi connectivity index (χ2n) is 10.3. The van der Waals surface area contributed by atoms with E-state index in [2.05, 4.69) is 102 Å². The minimum atomic E-state index is 0.216. The monoisotopic (exact) mass is 394 g/mol. The molecule has 0 radical (unpaired) electrons. The summed E-state index contributed by atoms with van der Waals surface area (Å²) in [4.78, 5) is 0. The summed E-state index contributed by atoms with van der Waals surface area (Å²) in [5.74, 6) is 0. The van der Waals surface area contributed by atoms with Crippen LogP contribution < -0.4 is 0 Å². The number of benzene rings is 3. The Bertz CT molecular complexity index is 1080. The first-order chi connectivity index (χ1) is 14.2. The van der Waals surface area contributed by atoms with Crippen LogP contribution in [0.4, 0.5) is 0 Å². The second kappa shape index (κ2) is 7.58. The van der Waals surface area contributed by atoms with E-state index in [0.29, 0.717) is 0 Å². The minimum absolute atomic E-state index is 0.216. The molecule has 0 saturated carbocycles. The SMILES string of the molecule is C=CCc1ccc(-c2ccc(C)cc2)cc1-c1ccc2c(c1)C(C)(C)CCC2(C)C. The van der Waals surface area contributed by atoms with Gasteiger partial charge in [0.2, 0.25) is 0 Å². The molecule has 3 aromatic rings. The van der Waals surface area contributed by atoms with E-state index in [-0.39, 0.29) is 10.8 Å². The van der Waals surface area contributed by atoms with Crippen molar-refractivity contribution in [3.63, 3.8) is 0 Å². The zero-order valence-electron chi connectivity index (χ0n) is 19.2. The highest BCUT2D eigenvalue weighted by Crippen LogP contribution is 2.47. The Morgan fingerprint density at radius 2 is 1.33 bits per heavy atom. The highest BCUT2D eigenvalue weighted by molar-refractivity contribution is 5.77. The maximum Gasteiger partial charge on any atom is -0.00940 e. The van der Waals surface area contributed by atoms with Gasteiger partial charge in [-0.3, -0.25) is 0 Å². The fourth-order valence-corrected chi connectivity index (χ4v) is 4.86. The van der Waals surface area contributed by atoms with Gasteiger partial charge in [-0.25, -0.2) is 0 Å². The number of hydrogen-bond donors (Lipinski definition) is 0. The van der Waals surface area contributed by atoms with Gasteiger partial charge in [0.25, 0.3) is 0 Å². The number of aryl methyl sites for hydroxylation is 1. The summed E-state index contributed by atoms with van der Waals surface area (Å²) in [6.45, 7) is 15.7. The fraction of sp³-hybridized carbons (Fsp3) is 0.333. The molecule has 0 aliphatic heterocycles. The van der Waals surface area contributed by atoms with Gasteiger partial charge in [0, 0.05) is 0 Å². The summed E-state index contributed by atoms with van der Waals surface area (Å²) in [6.07, 6.45) is 5.38. The molecule has 0 bridgehead atoms. The Kier molecular flexibility index (Phi) is 5.22. The van der Waals surface area contributed by atoms with Crippen LogP contribution in [-0.2, 0) is 17.3 Å². The Balaban J connectivity index is 1.88. The summed E-state index contributed by atoms with van der Waals surface area (Å²) in [6, 6.07) is 22.9. The molecule has 3 aromatic carbocycles. The molecule has 0 heteroatoms. The van der Waals surface area contributed by atoms with E-state index >= 15 is 0 Å². The molecule has 0 atom stereocenters. The third kappa shape index (κ3) is 3.76. The first-order valence-electron chi connectivity index (χ1n) is 11.2. The molecule has 0 fully saturated rings. The zero-order valence-corrected chi connectivity index (χ0v) is 19.2. The summed E-state index contributed by atoms with van der Waals surface area (Å²) in [5, 5.41) is 0. The summed E-state index contributed by atoms with van der Waals surface area (Å²) < 4.78 is 0. The maximum absolute atomic E-state index is 3.99. The van der Waals surface area contributed by atoms with Crippen LogP contribution in [0.25, 0.3) is 22.3 Å². The lowest BCUT2D eigenvalue weighted by Crippen LogP contribution is -2.33. The molecule has 0 saturated heterocycles. The van der Waals surface area contributed by atoms with Crippen LogP contribution in [0.3, 0.4) is 0 Å². The molecular weight excluding hydrogens is 360 g/mol. The van der Waals surface area contributed by atoms with Gasteiger partial charge in [0.1, 0.15) is 0 Å². The Labute approximate surface area is 182 Å². The number of rotatable bonds is 4. The van der Waals surface area contributed by atoms with Crippen LogP contribution in [0.5, 0.6) is 0 Å². The first kappa shape index (κ1) is 20.7. The average molecular weight is 395 g/mol. The molecular formula is C30H34. The van der Waals surface area contributed by atoms with Crippen molar-refractivity contribution in [3.05, 3.63) is 95.6 Å². The second-order valence-corrected chi connectivity index (χ2v) is 10.3. The molecule has 1 aliphatic rings. The quantitative estimate of drug-likeness (QED) is 0.390. The number of fused-ring (bicyclic) bond motifs is 1. The van der Waals surface area contributed by atoms with Crippen LogP contribution in [0.1, 0.15) is 62.8 Å². The highest BCUT2D eigenvalue weighted by Gasteiger charge is 2.37. The number of hydrogen-bond acceptors (Lipinski definition) is 0. The normalized spacial score (nSPS) is 16.7. The maximum atomic E-state index is 3.99. The van der Waals surface area contributed by atoms with Gasteiger partial charge in [-0.2, -0.15) is 0 Å². The van der Waals surface area contributed by atoms with Gasteiger partial charge in [-0.1, -0.05) is 93.9 Å². The van der Waals surface area contributed by atoms with Crippen molar-refractivity contribution in [2.24, 2.45) is 0 Å². The van der Waals surface area contributed by atoms with Crippen molar-refractivity contribution in [1.29, 1.82) is 0 Å². The molecule has 0 nitrogen and oxygen atoms in total. The van der Waals surface area contributed by atoms with E-state index in [0.717, 1.165) is 6.42 Å². The predicted octanol–water partition coefficient (Wildman–Crippen LogP) is 8.41. The minimum Gasteiger partial charge on any atom is -0.103 e. The molecule has 4 rings (SSSR count). The van der Waals surface area contributed by atoms with E-state index in [9.17, 15) is 0 Å². The number of allylic oxidation sites excluding steroid dienone is 1. The molecule has 0 unspecified atom stereocenters. The van der Waals surface area contributed by atoms with E-state index in [1.54, 1.807) is 0 Å². The molecule has 30 heavy (non-hydrogen) atoms. The van der Waals surface area contributed by atoms with Gasteiger partial charge in [-0.05, 0) is 82.0 Å². The topological polar surface area (TPSA) is 0 Å². The van der Waals surface area contributed by atoms with Crippen molar-refractivity contribution < 1.29 is 0 Å². The van der Waals surface area contributed by atoms with Crippen molar-refractivity contribution in [2.45, 2.75) is 64.7 Å². The molecule has 0 amide bonds. The third-order valence-electron chi connectivity index (χ3n) is 7.02. The van der Waals surface area contributed by atoms with E-state index < -0.39 is 0 Å². The Hall–Kier alpha value is -2.60. The van der Waals surface area contributed by atoms with Crippen LogP contribution in [0.15, 0.2) is 73.3 Å². The van der Waals surface area contributed by atoms with E-state index in [4.69, 9.17) is 0 Å². The Morgan fingerprint density at radius 3 is 2.00 bits per heavy atom. The lowest BCUT2D eigenvalue weighted by atomic mass is 9.63. The molecule has 1 aliphatic carbocycles. The first-order valence-corrected chi connectivity index (χ1v) is 11.2. The smallest absolute Gasteiger partial charge is 0.00940 e. The molecule has 154 valence electrons. The van der Waals surface area contributed by atoms with Crippen molar-refractivity contribution in [3.8, 4) is 22.3 Å². The average Bonchev–Trinajstić information content (AvgIpc) is 2.72. The highest BCUT2D eigenvalue weighted by atomic mass is 14.4. The largest absolute Gasteiger partial charge is 0.103 e. The summed E-state index contributed by atoms with van der Waals surface area (Å²) in [5.41, 5.74) is 11.3. The standard InChI is InChI=1S/C30H34/c1-7-8-23-13-14-24(22-11-9-21(2)10-12-22)19-26(23)25-15-16-27-28(20-25)30(5,6)18-17-29(27,3)4/h7,9-16,19-20H,1,8,17-18H2,2-6H3. The molecule has 0 spiro atoms. The van der Waals surface area contributed by atoms with Crippen LogP contribution in [-0.4, -0.2) is 0 Å². The van der Waals surface area contributed by atoms with Gasteiger partial charge >= 0.3 is 0 Å².